The van der Waals surface area contributed by atoms with Gasteiger partial charge in [-0.05, 0) is 25.7 Å². The molecule has 0 saturated carbocycles. The van der Waals surface area contributed by atoms with Gasteiger partial charge in [0, 0.05) is 52.5 Å². The van der Waals surface area contributed by atoms with E-state index >= 15 is 0 Å². The Bertz CT molecular complexity index is 722. The smallest absolute Gasteiger partial charge is 0.326 e. The molecule has 0 aromatic carbocycles. The number of rotatable bonds is 20. The summed E-state index contributed by atoms with van der Waals surface area (Å²) in [5.74, 6) is -0.202. The molecule has 2 atom stereocenters. The number of carbonyl (C=O) groups is 3. The normalized spacial score (nSPS) is 17.0. The van der Waals surface area contributed by atoms with Crippen LogP contribution in [-0.4, -0.2) is 73.0 Å². The molecule has 0 bridgehead atoms. The number of carbonyl (C=O) groups excluding carboxylic acids is 3. The Kier molecular flexibility index (Phi) is 17.2. The Labute approximate surface area is 225 Å². The lowest BCUT2D eigenvalue weighted by Crippen LogP contribution is -2.36. The van der Waals surface area contributed by atoms with Gasteiger partial charge in [-0.25, -0.2) is 0 Å². The summed E-state index contributed by atoms with van der Waals surface area (Å²) in [4.78, 5) is 41.4. The number of hydrogen-bond acceptors (Lipinski definition) is 7. The summed E-state index contributed by atoms with van der Waals surface area (Å²) in [5.41, 5.74) is 0. The van der Waals surface area contributed by atoms with Crippen LogP contribution in [0.3, 0.4) is 0 Å². The highest BCUT2D eigenvalue weighted by molar-refractivity contribution is 5.97. The van der Waals surface area contributed by atoms with Crippen molar-refractivity contribution in [3.63, 3.8) is 0 Å². The first-order valence-electron chi connectivity index (χ1n) is 14.2. The molecule has 2 amide bonds. The van der Waals surface area contributed by atoms with Crippen molar-refractivity contribution in [2.24, 2.45) is 0 Å². The number of allylic oxidation sites excluding steroid dienone is 1. The van der Waals surface area contributed by atoms with E-state index in [4.69, 9.17) is 9.47 Å². The van der Waals surface area contributed by atoms with E-state index in [1.54, 1.807) is 11.1 Å². The molecule has 1 heterocycles. The summed E-state index contributed by atoms with van der Waals surface area (Å²) in [6, 6.07) is 0. The van der Waals surface area contributed by atoms with Gasteiger partial charge in [0.1, 0.15) is 18.4 Å². The maximum atomic E-state index is 12.6. The fraction of sp³-hybridized carbons (Fsp3) is 0.759. The van der Waals surface area contributed by atoms with E-state index in [9.17, 15) is 14.4 Å². The Morgan fingerprint density at radius 3 is 2.16 bits per heavy atom. The highest BCUT2D eigenvalue weighted by Gasteiger charge is 2.24. The number of nitrogens with zero attached hydrogens (tertiary/aromatic N) is 3. The van der Waals surface area contributed by atoms with E-state index in [1.807, 2.05) is 32.2 Å². The molecule has 1 aliphatic heterocycles. The van der Waals surface area contributed by atoms with Gasteiger partial charge in [-0.1, -0.05) is 65.2 Å². The van der Waals surface area contributed by atoms with Gasteiger partial charge in [0.2, 0.25) is 6.41 Å². The first-order chi connectivity index (χ1) is 17.8. The molecule has 1 rings (SSSR count). The third-order valence-corrected chi connectivity index (χ3v) is 6.50. The molecule has 8 nitrogen and oxygen atoms in total. The van der Waals surface area contributed by atoms with Gasteiger partial charge < -0.3 is 19.3 Å². The van der Waals surface area contributed by atoms with Crippen LogP contribution in [0.15, 0.2) is 24.2 Å². The van der Waals surface area contributed by atoms with Gasteiger partial charge in [-0.15, -0.1) is 0 Å². The van der Waals surface area contributed by atoms with Gasteiger partial charge in [0.05, 0.1) is 0 Å². The minimum atomic E-state index is -0.559. The molecule has 0 aromatic heterocycles. The SMILES string of the molecule is CCCCCCCCC(CCCCCC)OC(=O)CN(C=O)C(=O)/C=C\N(C)C1CC/C(=C/N(C)C)O1. The second-order valence-electron chi connectivity index (χ2n) is 10.2. The average molecular weight is 522 g/mol. The van der Waals surface area contributed by atoms with Crippen molar-refractivity contribution in [3.8, 4) is 0 Å². The van der Waals surface area contributed by atoms with Crippen LogP contribution in [0.4, 0.5) is 0 Å². The summed E-state index contributed by atoms with van der Waals surface area (Å²) in [5, 5.41) is 0. The summed E-state index contributed by atoms with van der Waals surface area (Å²) < 4.78 is 11.6. The summed E-state index contributed by atoms with van der Waals surface area (Å²) in [7, 11) is 5.70. The molecule has 0 aromatic rings. The van der Waals surface area contributed by atoms with Crippen LogP contribution in [0.2, 0.25) is 0 Å². The van der Waals surface area contributed by atoms with Crippen LogP contribution in [0.25, 0.3) is 0 Å². The Morgan fingerprint density at radius 2 is 1.57 bits per heavy atom. The number of imide groups is 1. The molecule has 37 heavy (non-hydrogen) atoms. The molecule has 0 spiro atoms. The van der Waals surface area contributed by atoms with E-state index in [2.05, 4.69) is 13.8 Å². The number of ether oxygens (including phenoxy) is 2. The minimum absolute atomic E-state index is 0.162. The minimum Gasteiger partial charge on any atom is -0.473 e. The molecule has 1 saturated heterocycles. The topological polar surface area (TPSA) is 79.4 Å². The second kappa shape index (κ2) is 19.6. The number of hydrogen-bond donors (Lipinski definition) is 0. The molecule has 212 valence electrons. The van der Waals surface area contributed by atoms with E-state index in [0.29, 0.717) is 6.41 Å². The highest BCUT2D eigenvalue weighted by atomic mass is 16.5. The quantitative estimate of drug-likeness (QED) is 0.0894. The van der Waals surface area contributed by atoms with Crippen LogP contribution < -0.4 is 0 Å². The summed E-state index contributed by atoms with van der Waals surface area (Å²) in [6.45, 7) is 4.00. The zero-order chi connectivity index (χ0) is 27.5. The molecule has 1 aliphatic rings. The molecule has 1 fully saturated rings. The van der Waals surface area contributed by atoms with Crippen molar-refractivity contribution in [2.75, 3.05) is 27.7 Å². The molecular formula is C29H51N3O5. The van der Waals surface area contributed by atoms with Gasteiger partial charge in [0.15, 0.2) is 6.23 Å². The van der Waals surface area contributed by atoms with Crippen LogP contribution in [0.1, 0.15) is 104 Å². The number of amides is 2. The van der Waals surface area contributed by atoms with E-state index in [-0.39, 0.29) is 18.9 Å². The average Bonchev–Trinajstić information content (AvgIpc) is 3.33. The second-order valence-corrected chi connectivity index (χ2v) is 10.2. The van der Waals surface area contributed by atoms with E-state index < -0.39 is 11.9 Å². The lowest BCUT2D eigenvalue weighted by molar-refractivity contribution is -0.155. The fourth-order valence-corrected chi connectivity index (χ4v) is 4.34. The third kappa shape index (κ3) is 14.7. The van der Waals surface area contributed by atoms with Gasteiger partial charge in [-0.2, -0.15) is 0 Å². The highest BCUT2D eigenvalue weighted by Crippen LogP contribution is 2.25. The Hall–Kier alpha value is -2.51. The van der Waals surface area contributed by atoms with Gasteiger partial charge >= 0.3 is 5.97 Å². The molecular weight excluding hydrogens is 470 g/mol. The van der Waals surface area contributed by atoms with Crippen molar-refractivity contribution < 1.29 is 23.9 Å². The van der Waals surface area contributed by atoms with Crippen molar-refractivity contribution in [3.05, 3.63) is 24.2 Å². The predicted molar refractivity (Wildman–Crippen MR) is 147 cm³/mol. The lowest BCUT2D eigenvalue weighted by atomic mass is 10.0. The monoisotopic (exact) mass is 521 g/mol. The van der Waals surface area contributed by atoms with Crippen LogP contribution >= 0.6 is 0 Å². The number of esters is 1. The summed E-state index contributed by atoms with van der Waals surface area (Å²) in [6.07, 6.45) is 19.7. The van der Waals surface area contributed by atoms with Crippen LogP contribution in [0.5, 0.6) is 0 Å². The summed E-state index contributed by atoms with van der Waals surface area (Å²) >= 11 is 0. The molecule has 0 aliphatic carbocycles. The van der Waals surface area contributed by atoms with E-state index in [0.717, 1.165) is 68.4 Å². The van der Waals surface area contributed by atoms with Crippen LogP contribution in [-0.2, 0) is 23.9 Å². The van der Waals surface area contributed by atoms with Gasteiger partial charge in [0.25, 0.3) is 5.91 Å². The standard InChI is InChI=1S/C29H51N3O5/c1-6-8-10-12-13-15-17-25(16-14-11-9-7-2)37-29(35)23-32(24-33)27(34)20-21-31(5)28-19-18-26(36-28)22-30(3)4/h20-22,24-25,28H,6-19,23H2,1-5H3/b21-20-,26-22-. The maximum absolute atomic E-state index is 12.6. The Morgan fingerprint density at radius 1 is 0.973 bits per heavy atom. The molecule has 2 unspecified atom stereocenters. The zero-order valence-corrected chi connectivity index (χ0v) is 24.0. The molecule has 8 heteroatoms. The Balaban J connectivity index is 2.56. The molecule has 0 radical (unpaired) electrons. The van der Waals surface area contributed by atoms with Crippen molar-refractivity contribution >= 4 is 18.3 Å². The fourth-order valence-electron chi connectivity index (χ4n) is 4.34. The maximum Gasteiger partial charge on any atom is 0.326 e. The van der Waals surface area contributed by atoms with E-state index in [1.165, 1.54) is 38.2 Å². The third-order valence-electron chi connectivity index (χ3n) is 6.50. The first-order valence-corrected chi connectivity index (χ1v) is 14.2. The van der Waals surface area contributed by atoms with Crippen molar-refractivity contribution in [2.45, 2.75) is 116 Å². The zero-order valence-electron chi connectivity index (χ0n) is 24.0. The first kappa shape index (κ1) is 32.5. The van der Waals surface area contributed by atoms with Gasteiger partial charge in [-0.3, -0.25) is 19.3 Å². The van der Waals surface area contributed by atoms with Crippen LogP contribution in [0, 0.1) is 0 Å². The number of unbranched alkanes of at least 4 members (excludes halogenated alkanes) is 8. The van der Waals surface area contributed by atoms with Crippen molar-refractivity contribution in [1.82, 2.24) is 14.7 Å². The molecule has 0 N–H and O–H groups in total. The largest absolute Gasteiger partial charge is 0.473 e. The predicted octanol–water partition coefficient (Wildman–Crippen LogP) is 5.59. The van der Waals surface area contributed by atoms with Crippen molar-refractivity contribution in [1.29, 1.82) is 0 Å². The lowest BCUT2D eigenvalue weighted by Gasteiger charge is -2.22.